The highest BCUT2D eigenvalue weighted by atomic mass is 16.5. The van der Waals surface area contributed by atoms with Crippen molar-refractivity contribution in [2.24, 2.45) is 5.92 Å². The number of carbonyl (C=O) groups is 2. The fraction of sp³-hybridized carbons (Fsp3) is 0.406. The van der Waals surface area contributed by atoms with Crippen LogP contribution in [0.3, 0.4) is 0 Å². The molecule has 0 bridgehead atoms. The summed E-state index contributed by atoms with van der Waals surface area (Å²) in [5, 5.41) is 10.6. The van der Waals surface area contributed by atoms with Crippen LogP contribution in [0, 0.1) is 5.92 Å². The number of rotatable bonds is 11. The molecular weight excluding hydrogens is 506 g/mol. The highest BCUT2D eigenvalue weighted by Crippen LogP contribution is 2.41. The van der Waals surface area contributed by atoms with E-state index in [2.05, 4.69) is 22.9 Å². The number of methoxy groups -OCH3 is 1. The number of benzene rings is 2. The van der Waals surface area contributed by atoms with Gasteiger partial charge in [0.25, 0.3) is 0 Å². The summed E-state index contributed by atoms with van der Waals surface area (Å²) in [6, 6.07) is 17.1. The summed E-state index contributed by atoms with van der Waals surface area (Å²) in [7, 11) is 1.62. The predicted molar refractivity (Wildman–Crippen MR) is 153 cm³/mol. The third kappa shape index (κ3) is 5.82. The number of aromatic nitrogens is 1. The Hall–Kier alpha value is -3.91. The van der Waals surface area contributed by atoms with E-state index >= 15 is 0 Å². The molecule has 8 heteroatoms. The van der Waals surface area contributed by atoms with Gasteiger partial charge in [0.05, 0.1) is 38.1 Å². The van der Waals surface area contributed by atoms with Crippen molar-refractivity contribution in [3.63, 3.8) is 0 Å². The molecule has 1 saturated heterocycles. The molecule has 5 rings (SSSR count). The van der Waals surface area contributed by atoms with Gasteiger partial charge in [-0.15, -0.1) is 0 Å². The molecule has 0 radical (unpaired) electrons. The van der Waals surface area contributed by atoms with Gasteiger partial charge in [-0.05, 0) is 53.8 Å². The summed E-state index contributed by atoms with van der Waals surface area (Å²) in [5.41, 5.74) is 3.77. The SMILES string of the molecule is CCCCN(C(=O)CN1CC(c2ccc3c(c2)CCO3)C(C(=O)O)C1Cc1ccccc1OC)c1cccnc1. The smallest absolute Gasteiger partial charge is 0.308 e. The summed E-state index contributed by atoms with van der Waals surface area (Å²) >= 11 is 0. The Balaban J connectivity index is 1.49. The first-order valence-electron chi connectivity index (χ1n) is 14.0. The van der Waals surface area contributed by atoms with Crippen LogP contribution >= 0.6 is 0 Å². The van der Waals surface area contributed by atoms with Crippen LogP contribution in [0.15, 0.2) is 67.0 Å². The number of hydrogen-bond donors (Lipinski definition) is 1. The lowest BCUT2D eigenvalue weighted by atomic mass is 9.82. The molecule has 3 atom stereocenters. The van der Waals surface area contributed by atoms with Crippen molar-refractivity contribution < 1.29 is 24.2 Å². The molecule has 0 saturated carbocycles. The van der Waals surface area contributed by atoms with Gasteiger partial charge in [-0.2, -0.15) is 0 Å². The zero-order valence-electron chi connectivity index (χ0n) is 23.2. The Morgan fingerprint density at radius 2 is 2.02 bits per heavy atom. The molecule has 40 heavy (non-hydrogen) atoms. The third-order valence-electron chi connectivity index (χ3n) is 8.13. The molecule has 1 amide bonds. The minimum Gasteiger partial charge on any atom is -0.496 e. The first-order valence-corrected chi connectivity index (χ1v) is 14.0. The number of hydrogen-bond acceptors (Lipinski definition) is 6. The Morgan fingerprint density at radius 3 is 2.77 bits per heavy atom. The Morgan fingerprint density at radius 1 is 1.18 bits per heavy atom. The number of anilines is 1. The quantitative estimate of drug-likeness (QED) is 0.379. The average molecular weight is 544 g/mol. The molecule has 1 N–H and O–H groups in total. The summed E-state index contributed by atoms with van der Waals surface area (Å²) in [6.45, 7) is 3.91. The number of para-hydroxylation sites is 1. The molecule has 0 spiro atoms. The minimum atomic E-state index is -0.855. The van der Waals surface area contributed by atoms with E-state index < -0.39 is 17.9 Å². The van der Waals surface area contributed by atoms with E-state index in [-0.39, 0.29) is 18.4 Å². The molecule has 1 aromatic heterocycles. The van der Waals surface area contributed by atoms with Crippen molar-refractivity contribution in [3.8, 4) is 11.5 Å². The fourth-order valence-electron chi connectivity index (χ4n) is 6.10. The van der Waals surface area contributed by atoms with Crippen molar-refractivity contribution in [2.45, 2.75) is 44.6 Å². The maximum absolute atomic E-state index is 13.9. The van der Waals surface area contributed by atoms with Gasteiger partial charge in [0, 0.05) is 37.7 Å². The number of carboxylic acids is 1. The zero-order chi connectivity index (χ0) is 28.1. The largest absolute Gasteiger partial charge is 0.496 e. The predicted octanol–water partition coefficient (Wildman–Crippen LogP) is 4.57. The molecule has 210 valence electrons. The minimum absolute atomic E-state index is 0.0568. The van der Waals surface area contributed by atoms with Gasteiger partial charge >= 0.3 is 5.97 Å². The number of aliphatic carboxylic acids is 1. The standard InChI is InChI=1S/C32H37N3O5/c1-3-4-15-35(25-9-7-14-33-19-25)30(36)21-34-20-26(22-11-12-29-24(17-22)13-16-40-29)31(32(37)38)27(34)18-23-8-5-6-10-28(23)39-2/h5-12,14,17,19,26-27,31H,3-4,13,15-16,18,20-21H2,1-2H3,(H,37,38). The van der Waals surface area contributed by atoms with E-state index in [1.807, 2.05) is 48.5 Å². The van der Waals surface area contributed by atoms with Crippen molar-refractivity contribution in [3.05, 3.63) is 83.7 Å². The first-order chi connectivity index (χ1) is 19.5. The van der Waals surface area contributed by atoms with E-state index in [0.29, 0.717) is 26.1 Å². The van der Waals surface area contributed by atoms with Gasteiger partial charge in [-0.1, -0.05) is 43.7 Å². The molecule has 0 aliphatic carbocycles. The van der Waals surface area contributed by atoms with Crippen molar-refractivity contribution in [1.29, 1.82) is 0 Å². The van der Waals surface area contributed by atoms with Crippen molar-refractivity contribution >= 4 is 17.6 Å². The van der Waals surface area contributed by atoms with Gasteiger partial charge in [0.15, 0.2) is 0 Å². The highest BCUT2D eigenvalue weighted by molar-refractivity contribution is 5.94. The van der Waals surface area contributed by atoms with Gasteiger partial charge in [0.1, 0.15) is 11.5 Å². The van der Waals surface area contributed by atoms with Crippen LogP contribution in [0.2, 0.25) is 0 Å². The maximum Gasteiger partial charge on any atom is 0.308 e. The van der Waals surface area contributed by atoms with Gasteiger partial charge in [0.2, 0.25) is 5.91 Å². The van der Waals surface area contributed by atoms with Crippen molar-refractivity contribution in [1.82, 2.24) is 9.88 Å². The molecule has 3 aromatic rings. The second-order valence-corrected chi connectivity index (χ2v) is 10.6. The summed E-state index contributed by atoms with van der Waals surface area (Å²) < 4.78 is 11.3. The van der Waals surface area contributed by atoms with Crippen LogP contribution in [0.5, 0.6) is 11.5 Å². The number of nitrogens with zero attached hydrogens (tertiary/aromatic N) is 3. The summed E-state index contributed by atoms with van der Waals surface area (Å²) in [4.78, 5) is 34.9. The first kappa shape index (κ1) is 27.6. The van der Waals surface area contributed by atoms with E-state index in [1.165, 1.54) is 0 Å². The second-order valence-electron chi connectivity index (χ2n) is 10.6. The van der Waals surface area contributed by atoms with E-state index in [4.69, 9.17) is 9.47 Å². The van der Waals surface area contributed by atoms with Crippen molar-refractivity contribution in [2.75, 3.05) is 38.3 Å². The topological polar surface area (TPSA) is 92.2 Å². The lowest BCUT2D eigenvalue weighted by Gasteiger charge is -2.30. The number of carboxylic acid groups (broad SMARTS) is 1. The van der Waals surface area contributed by atoms with E-state index in [9.17, 15) is 14.7 Å². The molecule has 1 fully saturated rings. The second kappa shape index (κ2) is 12.5. The average Bonchev–Trinajstić information content (AvgIpc) is 3.58. The number of likely N-dealkylation sites (tertiary alicyclic amines) is 1. The summed E-state index contributed by atoms with van der Waals surface area (Å²) in [5.74, 6) is -0.283. The molecule has 3 unspecified atom stereocenters. The Kier molecular flexibility index (Phi) is 8.65. The third-order valence-corrected chi connectivity index (χ3v) is 8.13. The molecule has 2 aromatic carbocycles. The zero-order valence-corrected chi connectivity index (χ0v) is 23.2. The number of amides is 1. The number of pyridine rings is 1. The Bertz CT molecular complexity index is 1330. The molecule has 8 nitrogen and oxygen atoms in total. The van der Waals surface area contributed by atoms with Crippen LogP contribution in [-0.4, -0.2) is 66.3 Å². The van der Waals surface area contributed by atoms with Crippen LogP contribution in [0.4, 0.5) is 5.69 Å². The fourth-order valence-corrected chi connectivity index (χ4v) is 6.10. The van der Waals surface area contributed by atoms with Gasteiger partial charge < -0.3 is 19.5 Å². The van der Waals surface area contributed by atoms with E-state index in [1.54, 1.807) is 24.4 Å². The molecule has 3 heterocycles. The normalized spacial score (nSPS) is 20.1. The molecular formula is C32H37N3O5. The van der Waals surface area contributed by atoms with Gasteiger partial charge in [-0.3, -0.25) is 19.5 Å². The number of ether oxygens (including phenoxy) is 2. The van der Waals surface area contributed by atoms with Gasteiger partial charge in [-0.25, -0.2) is 0 Å². The van der Waals surface area contributed by atoms with Crippen LogP contribution in [0.1, 0.15) is 42.4 Å². The molecule has 2 aliphatic heterocycles. The lowest BCUT2D eigenvalue weighted by Crippen LogP contribution is -2.45. The monoisotopic (exact) mass is 543 g/mol. The highest BCUT2D eigenvalue weighted by Gasteiger charge is 2.47. The lowest BCUT2D eigenvalue weighted by molar-refractivity contribution is -0.143. The number of unbranched alkanes of at least 4 members (excludes halogenated alkanes) is 1. The van der Waals surface area contributed by atoms with Crippen LogP contribution < -0.4 is 14.4 Å². The Labute approximate surface area is 235 Å². The van der Waals surface area contributed by atoms with E-state index in [0.717, 1.165) is 53.1 Å². The maximum atomic E-state index is 13.9. The van der Waals surface area contributed by atoms with Crippen LogP contribution in [0.25, 0.3) is 0 Å². The van der Waals surface area contributed by atoms with Crippen LogP contribution in [-0.2, 0) is 22.4 Å². The molecule has 2 aliphatic rings. The summed E-state index contributed by atoms with van der Waals surface area (Å²) in [6.07, 6.45) is 6.50. The number of carbonyl (C=O) groups excluding carboxylic acids is 1. The number of fused-ring (bicyclic) bond motifs is 1.